The minimum Gasteiger partial charge on any atom is -0.454 e. The van der Waals surface area contributed by atoms with Gasteiger partial charge in [0.05, 0.1) is 11.2 Å². The topological polar surface area (TPSA) is 106 Å². The largest absolute Gasteiger partial charge is 0.454 e. The van der Waals surface area contributed by atoms with E-state index in [-0.39, 0.29) is 24.8 Å². The number of nitrogens with zero attached hydrogens (tertiary/aromatic N) is 2. The second-order valence-electron chi connectivity index (χ2n) is 7.50. The van der Waals surface area contributed by atoms with Crippen LogP contribution in [0.5, 0.6) is 11.5 Å². The number of para-hydroxylation sites is 1. The fourth-order valence-electron chi connectivity index (χ4n) is 3.40. The van der Waals surface area contributed by atoms with Crippen molar-refractivity contribution in [3.8, 4) is 11.5 Å². The number of amides is 2. The molecule has 0 radical (unpaired) electrons. The summed E-state index contributed by atoms with van der Waals surface area (Å²) >= 11 is 0. The van der Waals surface area contributed by atoms with Crippen molar-refractivity contribution in [3.63, 3.8) is 0 Å². The number of ether oxygens (including phenoxy) is 2. The first-order valence-corrected chi connectivity index (χ1v) is 9.29. The quantitative estimate of drug-likeness (QED) is 0.805. The fourth-order valence-corrected chi connectivity index (χ4v) is 3.40. The zero-order valence-corrected chi connectivity index (χ0v) is 16.2. The van der Waals surface area contributed by atoms with E-state index in [1.54, 1.807) is 0 Å². The first kappa shape index (κ1) is 18.8. The second kappa shape index (κ2) is 7.12. The SMILES string of the molecule is CC(C)(NC(=O)C1=NN(c2ccccc2)C(C(N)=O)C1)c1ccc2c(c1)OCO2. The Morgan fingerprint density at radius 2 is 1.86 bits per heavy atom. The highest BCUT2D eigenvalue weighted by atomic mass is 16.7. The Bertz CT molecular complexity index is 987. The third-order valence-corrected chi connectivity index (χ3v) is 5.04. The molecule has 4 rings (SSSR count). The van der Waals surface area contributed by atoms with E-state index in [0.717, 1.165) is 5.56 Å². The van der Waals surface area contributed by atoms with Crippen molar-refractivity contribution in [2.24, 2.45) is 10.8 Å². The van der Waals surface area contributed by atoms with Crippen LogP contribution in [0.3, 0.4) is 0 Å². The number of hydrogen-bond acceptors (Lipinski definition) is 6. The molecule has 3 N–H and O–H groups in total. The van der Waals surface area contributed by atoms with Crippen LogP contribution in [-0.4, -0.2) is 30.4 Å². The maximum atomic E-state index is 12.9. The van der Waals surface area contributed by atoms with Crippen LogP contribution in [0, 0.1) is 0 Å². The highest BCUT2D eigenvalue weighted by molar-refractivity contribution is 6.40. The summed E-state index contributed by atoms with van der Waals surface area (Å²) < 4.78 is 10.8. The molecule has 8 nitrogen and oxygen atoms in total. The van der Waals surface area contributed by atoms with Gasteiger partial charge in [0, 0.05) is 6.42 Å². The van der Waals surface area contributed by atoms with Gasteiger partial charge in [-0.2, -0.15) is 5.10 Å². The molecule has 2 aromatic carbocycles. The Hall–Kier alpha value is -3.55. The van der Waals surface area contributed by atoms with Gasteiger partial charge in [-0.3, -0.25) is 14.6 Å². The van der Waals surface area contributed by atoms with Crippen molar-refractivity contribution in [1.82, 2.24) is 5.32 Å². The van der Waals surface area contributed by atoms with E-state index in [2.05, 4.69) is 10.4 Å². The van der Waals surface area contributed by atoms with E-state index >= 15 is 0 Å². The average molecular weight is 394 g/mol. The summed E-state index contributed by atoms with van der Waals surface area (Å²) in [5.41, 5.74) is 6.68. The number of rotatable bonds is 5. The fraction of sp³-hybridized carbons (Fsp3) is 0.286. The third-order valence-electron chi connectivity index (χ3n) is 5.04. The zero-order chi connectivity index (χ0) is 20.6. The molecular weight excluding hydrogens is 372 g/mol. The van der Waals surface area contributed by atoms with Crippen LogP contribution in [0.25, 0.3) is 0 Å². The van der Waals surface area contributed by atoms with Crippen LogP contribution >= 0.6 is 0 Å². The summed E-state index contributed by atoms with van der Waals surface area (Å²) in [4.78, 5) is 24.9. The molecule has 2 amide bonds. The van der Waals surface area contributed by atoms with Crippen LogP contribution in [-0.2, 0) is 15.1 Å². The second-order valence-corrected chi connectivity index (χ2v) is 7.50. The maximum Gasteiger partial charge on any atom is 0.268 e. The Kier molecular flexibility index (Phi) is 4.62. The summed E-state index contributed by atoms with van der Waals surface area (Å²) in [7, 11) is 0. The van der Waals surface area contributed by atoms with Crippen molar-refractivity contribution in [1.29, 1.82) is 0 Å². The molecular formula is C21H22N4O4. The first-order chi connectivity index (χ1) is 13.8. The summed E-state index contributed by atoms with van der Waals surface area (Å²) in [5, 5.41) is 8.89. The number of carbonyl (C=O) groups excluding carboxylic acids is 2. The lowest BCUT2D eigenvalue weighted by atomic mass is 9.93. The monoisotopic (exact) mass is 394 g/mol. The van der Waals surface area contributed by atoms with Crippen LogP contribution in [0.15, 0.2) is 53.6 Å². The zero-order valence-electron chi connectivity index (χ0n) is 16.2. The standard InChI is InChI=1S/C21H22N4O4/c1-21(2,13-8-9-17-18(10-13)29-12-28-17)23-20(27)15-11-16(19(22)26)25(24-15)14-6-4-3-5-7-14/h3-10,16H,11-12H2,1-2H3,(H2,22,26)(H,23,27). The Labute approximate surface area is 168 Å². The number of hydrogen-bond donors (Lipinski definition) is 2. The summed E-state index contributed by atoms with van der Waals surface area (Å²) in [5.74, 6) is 0.443. The number of primary amides is 1. The normalized spacial score (nSPS) is 17.8. The van der Waals surface area contributed by atoms with Gasteiger partial charge in [0.15, 0.2) is 11.5 Å². The predicted molar refractivity (Wildman–Crippen MR) is 108 cm³/mol. The van der Waals surface area contributed by atoms with Crippen molar-refractivity contribution in [3.05, 3.63) is 54.1 Å². The smallest absolute Gasteiger partial charge is 0.268 e. The van der Waals surface area contributed by atoms with Gasteiger partial charge in [-0.25, -0.2) is 0 Å². The van der Waals surface area contributed by atoms with Gasteiger partial charge < -0.3 is 20.5 Å². The van der Waals surface area contributed by atoms with Gasteiger partial charge in [0.25, 0.3) is 5.91 Å². The van der Waals surface area contributed by atoms with Crippen LogP contribution in [0.4, 0.5) is 5.69 Å². The minimum atomic E-state index is -0.702. The molecule has 150 valence electrons. The molecule has 2 heterocycles. The van der Waals surface area contributed by atoms with E-state index in [1.807, 2.05) is 62.4 Å². The van der Waals surface area contributed by atoms with Crippen molar-refractivity contribution >= 4 is 23.2 Å². The molecule has 0 aromatic heterocycles. The van der Waals surface area contributed by atoms with E-state index in [0.29, 0.717) is 17.2 Å². The molecule has 0 bridgehead atoms. The highest BCUT2D eigenvalue weighted by Gasteiger charge is 2.36. The molecule has 0 saturated heterocycles. The van der Waals surface area contributed by atoms with Crippen LogP contribution in [0.1, 0.15) is 25.8 Å². The molecule has 2 aliphatic heterocycles. The molecule has 0 fully saturated rings. The maximum absolute atomic E-state index is 12.9. The van der Waals surface area contributed by atoms with E-state index in [1.165, 1.54) is 5.01 Å². The molecule has 29 heavy (non-hydrogen) atoms. The van der Waals surface area contributed by atoms with Gasteiger partial charge in [0.1, 0.15) is 11.8 Å². The number of anilines is 1. The van der Waals surface area contributed by atoms with Crippen molar-refractivity contribution in [2.45, 2.75) is 31.8 Å². The molecule has 0 aliphatic carbocycles. The molecule has 2 aromatic rings. The average Bonchev–Trinajstić information content (AvgIpc) is 3.35. The summed E-state index contributed by atoms with van der Waals surface area (Å²) in [6.45, 7) is 3.96. The lowest BCUT2D eigenvalue weighted by Gasteiger charge is -2.27. The van der Waals surface area contributed by atoms with Crippen molar-refractivity contribution in [2.75, 3.05) is 11.8 Å². The number of nitrogens with two attached hydrogens (primary N) is 1. The Morgan fingerprint density at radius 1 is 1.14 bits per heavy atom. The first-order valence-electron chi connectivity index (χ1n) is 9.29. The minimum absolute atomic E-state index is 0.146. The predicted octanol–water partition coefficient (Wildman–Crippen LogP) is 1.89. The summed E-state index contributed by atoms with van der Waals surface area (Å²) in [6.07, 6.45) is 0.146. The van der Waals surface area contributed by atoms with Gasteiger partial charge >= 0.3 is 0 Å². The number of benzene rings is 2. The van der Waals surface area contributed by atoms with Crippen molar-refractivity contribution < 1.29 is 19.1 Å². The molecule has 1 atom stereocenters. The van der Waals surface area contributed by atoms with Gasteiger partial charge in [-0.05, 0) is 43.7 Å². The molecule has 0 spiro atoms. The molecule has 1 unspecified atom stereocenters. The number of nitrogens with one attached hydrogen (secondary N) is 1. The van der Waals surface area contributed by atoms with Gasteiger partial charge in [-0.15, -0.1) is 0 Å². The Morgan fingerprint density at radius 3 is 2.59 bits per heavy atom. The van der Waals surface area contributed by atoms with Gasteiger partial charge in [0.2, 0.25) is 12.7 Å². The van der Waals surface area contributed by atoms with Gasteiger partial charge in [-0.1, -0.05) is 24.3 Å². The van der Waals surface area contributed by atoms with E-state index < -0.39 is 17.5 Å². The summed E-state index contributed by atoms with van der Waals surface area (Å²) in [6, 6.07) is 14.0. The van der Waals surface area contributed by atoms with Crippen LogP contribution in [0.2, 0.25) is 0 Å². The number of carbonyl (C=O) groups is 2. The Balaban J connectivity index is 1.55. The molecule has 0 saturated carbocycles. The third kappa shape index (κ3) is 3.61. The number of fused-ring (bicyclic) bond motifs is 1. The molecule has 2 aliphatic rings. The lowest BCUT2D eigenvalue weighted by Crippen LogP contribution is -2.44. The van der Waals surface area contributed by atoms with E-state index in [4.69, 9.17) is 15.2 Å². The lowest BCUT2D eigenvalue weighted by molar-refractivity contribution is -0.119. The van der Waals surface area contributed by atoms with Crippen LogP contribution < -0.4 is 25.5 Å². The number of hydrazone groups is 1. The molecule has 8 heteroatoms. The highest BCUT2D eigenvalue weighted by Crippen LogP contribution is 2.35. The van der Waals surface area contributed by atoms with E-state index in [9.17, 15) is 9.59 Å².